The lowest BCUT2D eigenvalue weighted by Crippen LogP contribution is -2.07. The van der Waals surface area contributed by atoms with E-state index in [1.807, 2.05) is 13.8 Å². The zero-order valence-electron chi connectivity index (χ0n) is 11.3. The Balaban J connectivity index is 2.25. The Hall–Kier alpha value is -1.94. The van der Waals surface area contributed by atoms with E-state index in [1.165, 1.54) is 12.1 Å². The van der Waals surface area contributed by atoms with Crippen LogP contribution in [0.2, 0.25) is 5.02 Å². The summed E-state index contributed by atoms with van der Waals surface area (Å²) in [6.07, 6.45) is 0.0242. The summed E-state index contributed by atoms with van der Waals surface area (Å²) in [5, 5.41) is 3.40. The van der Waals surface area contributed by atoms with Crippen LogP contribution >= 0.6 is 11.6 Å². The number of anilines is 3. The summed E-state index contributed by atoms with van der Waals surface area (Å²) in [7, 11) is 0. The number of hydrogen-bond donors (Lipinski definition) is 2. The fourth-order valence-corrected chi connectivity index (χ4v) is 1.98. The van der Waals surface area contributed by atoms with E-state index in [0.717, 1.165) is 5.69 Å². The summed E-state index contributed by atoms with van der Waals surface area (Å²) < 4.78 is 18.9. The summed E-state index contributed by atoms with van der Waals surface area (Å²) >= 11 is 5.82. The van der Waals surface area contributed by atoms with Gasteiger partial charge in [0.2, 0.25) is 0 Å². The smallest absolute Gasteiger partial charge is 0.144 e. The number of nitrogens with one attached hydrogen (secondary N) is 1. The van der Waals surface area contributed by atoms with Gasteiger partial charge in [0.15, 0.2) is 0 Å². The third-order valence-electron chi connectivity index (χ3n) is 2.53. The molecule has 0 heterocycles. The third-order valence-corrected chi connectivity index (χ3v) is 2.75. The van der Waals surface area contributed by atoms with Crippen LogP contribution in [0.25, 0.3) is 0 Å². The average Bonchev–Trinajstić information content (AvgIpc) is 2.31. The number of hydrogen-bond acceptors (Lipinski definition) is 3. The second-order valence-electron chi connectivity index (χ2n) is 4.70. The molecule has 0 aromatic heterocycles. The highest BCUT2D eigenvalue weighted by Gasteiger charge is 2.06. The van der Waals surface area contributed by atoms with Crippen LogP contribution in [0.15, 0.2) is 36.4 Å². The molecule has 0 fully saturated rings. The summed E-state index contributed by atoms with van der Waals surface area (Å²) in [5.74, 6) is 0.196. The molecule has 20 heavy (non-hydrogen) atoms. The highest BCUT2D eigenvalue weighted by molar-refractivity contribution is 6.30. The van der Waals surface area contributed by atoms with Gasteiger partial charge < -0.3 is 15.8 Å². The van der Waals surface area contributed by atoms with Gasteiger partial charge in [-0.05, 0) is 44.2 Å². The highest BCUT2D eigenvalue weighted by Crippen LogP contribution is 2.29. The number of nitrogens with two attached hydrogens (primary N) is 1. The number of nitrogen functional groups attached to an aromatic ring is 1. The van der Waals surface area contributed by atoms with Crippen molar-refractivity contribution in [2.45, 2.75) is 20.0 Å². The third kappa shape index (κ3) is 3.78. The van der Waals surface area contributed by atoms with Gasteiger partial charge >= 0.3 is 0 Å². The van der Waals surface area contributed by atoms with Crippen LogP contribution in [-0.2, 0) is 0 Å². The largest absolute Gasteiger partial charge is 0.489 e. The molecule has 0 spiro atoms. The van der Waals surface area contributed by atoms with Crippen LogP contribution in [0.3, 0.4) is 0 Å². The lowest BCUT2D eigenvalue weighted by molar-refractivity contribution is 0.244. The second kappa shape index (κ2) is 6.01. The first-order valence-electron chi connectivity index (χ1n) is 6.23. The fourth-order valence-electron chi connectivity index (χ4n) is 1.76. The number of ether oxygens (including phenoxy) is 1. The van der Waals surface area contributed by atoms with Gasteiger partial charge in [0, 0.05) is 22.5 Å². The minimum absolute atomic E-state index is 0.0242. The molecule has 106 valence electrons. The van der Waals surface area contributed by atoms with Crippen molar-refractivity contribution in [3.63, 3.8) is 0 Å². The maximum Gasteiger partial charge on any atom is 0.144 e. The Labute approximate surface area is 122 Å². The van der Waals surface area contributed by atoms with E-state index in [9.17, 15) is 4.39 Å². The molecule has 0 atom stereocenters. The lowest BCUT2D eigenvalue weighted by Gasteiger charge is -2.14. The quantitative estimate of drug-likeness (QED) is 0.811. The van der Waals surface area contributed by atoms with Crippen LogP contribution in [0.5, 0.6) is 5.75 Å². The van der Waals surface area contributed by atoms with Crippen LogP contribution < -0.4 is 15.8 Å². The van der Waals surface area contributed by atoms with Gasteiger partial charge in [0.05, 0.1) is 11.8 Å². The van der Waals surface area contributed by atoms with Gasteiger partial charge in [0.1, 0.15) is 11.6 Å². The molecule has 2 aromatic rings. The Bertz CT molecular complexity index is 597. The molecule has 0 radical (unpaired) electrons. The zero-order valence-corrected chi connectivity index (χ0v) is 12.0. The van der Waals surface area contributed by atoms with Gasteiger partial charge in [-0.25, -0.2) is 4.39 Å². The molecule has 0 amide bonds. The summed E-state index contributed by atoms with van der Waals surface area (Å²) in [6.45, 7) is 3.85. The maximum absolute atomic E-state index is 13.3. The van der Waals surface area contributed by atoms with E-state index in [2.05, 4.69) is 5.32 Å². The van der Waals surface area contributed by atoms with E-state index >= 15 is 0 Å². The van der Waals surface area contributed by atoms with Gasteiger partial charge in [-0.1, -0.05) is 11.6 Å². The Morgan fingerprint density at radius 1 is 1.15 bits per heavy atom. The lowest BCUT2D eigenvalue weighted by atomic mass is 10.2. The average molecular weight is 295 g/mol. The van der Waals surface area contributed by atoms with Gasteiger partial charge in [-0.3, -0.25) is 0 Å². The molecule has 0 aliphatic heterocycles. The van der Waals surface area contributed by atoms with Crippen molar-refractivity contribution in [2.24, 2.45) is 0 Å². The van der Waals surface area contributed by atoms with Crippen molar-refractivity contribution in [3.8, 4) is 5.75 Å². The molecule has 5 heteroatoms. The van der Waals surface area contributed by atoms with Crippen molar-refractivity contribution < 1.29 is 9.13 Å². The molecule has 0 unspecified atom stereocenters. The van der Waals surface area contributed by atoms with Crippen LogP contribution in [0.4, 0.5) is 21.5 Å². The Morgan fingerprint density at radius 3 is 2.55 bits per heavy atom. The van der Waals surface area contributed by atoms with E-state index in [-0.39, 0.29) is 6.10 Å². The van der Waals surface area contributed by atoms with E-state index in [0.29, 0.717) is 22.1 Å². The van der Waals surface area contributed by atoms with E-state index in [1.54, 1.807) is 24.3 Å². The standard InChI is InChI=1S/C15H16ClFN2O/c1-9(2)20-15-8-12(3-4-14(15)18)19-13-6-10(16)5-11(17)7-13/h3-9,19H,18H2,1-2H3. The first-order chi connectivity index (χ1) is 9.44. The Morgan fingerprint density at radius 2 is 1.90 bits per heavy atom. The van der Waals surface area contributed by atoms with Crippen LogP contribution in [0.1, 0.15) is 13.8 Å². The predicted molar refractivity (Wildman–Crippen MR) is 81.3 cm³/mol. The molecule has 0 saturated carbocycles. The van der Waals surface area contributed by atoms with E-state index in [4.69, 9.17) is 22.1 Å². The topological polar surface area (TPSA) is 47.3 Å². The molecule has 2 aromatic carbocycles. The van der Waals surface area contributed by atoms with E-state index < -0.39 is 5.82 Å². The number of halogens is 2. The normalized spacial score (nSPS) is 10.7. The molecule has 3 N–H and O–H groups in total. The second-order valence-corrected chi connectivity index (χ2v) is 5.14. The van der Waals surface area contributed by atoms with Crippen molar-refractivity contribution in [3.05, 3.63) is 47.2 Å². The SMILES string of the molecule is CC(C)Oc1cc(Nc2cc(F)cc(Cl)c2)ccc1N. The van der Waals surface area contributed by atoms with Gasteiger partial charge in [-0.15, -0.1) is 0 Å². The number of rotatable bonds is 4. The number of benzene rings is 2. The van der Waals surface area contributed by atoms with Gasteiger partial charge in [-0.2, -0.15) is 0 Å². The summed E-state index contributed by atoms with van der Waals surface area (Å²) in [5.41, 5.74) is 7.71. The minimum Gasteiger partial charge on any atom is -0.489 e. The van der Waals surface area contributed by atoms with Gasteiger partial charge in [0.25, 0.3) is 0 Å². The van der Waals surface area contributed by atoms with Crippen LogP contribution in [-0.4, -0.2) is 6.10 Å². The summed E-state index contributed by atoms with van der Waals surface area (Å²) in [6, 6.07) is 9.56. The van der Waals surface area contributed by atoms with Crippen molar-refractivity contribution in [1.29, 1.82) is 0 Å². The first kappa shape index (κ1) is 14.5. The first-order valence-corrected chi connectivity index (χ1v) is 6.61. The Kier molecular flexibility index (Phi) is 4.35. The molecule has 0 saturated heterocycles. The molecule has 2 rings (SSSR count). The van der Waals surface area contributed by atoms with Crippen LogP contribution in [0, 0.1) is 5.82 Å². The molecule has 0 aliphatic rings. The zero-order chi connectivity index (χ0) is 14.7. The van der Waals surface area contributed by atoms with Crippen molar-refractivity contribution >= 4 is 28.7 Å². The molecular formula is C15H16ClFN2O. The maximum atomic E-state index is 13.3. The predicted octanol–water partition coefficient (Wildman–Crippen LogP) is 4.59. The van der Waals surface area contributed by atoms with Crippen molar-refractivity contribution in [1.82, 2.24) is 0 Å². The minimum atomic E-state index is -0.394. The summed E-state index contributed by atoms with van der Waals surface area (Å²) in [4.78, 5) is 0. The molecule has 3 nitrogen and oxygen atoms in total. The van der Waals surface area contributed by atoms with Crippen molar-refractivity contribution in [2.75, 3.05) is 11.1 Å². The molecule has 0 bridgehead atoms. The fraction of sp³-hybridized carbons (Fsp3) is 0.200. The highest BCUT2D eigenvalue weighted by atomic mass is 35.5. The molecular weight excluding hydrogens is 279 g/mol. The monoisotopic (exact) mass is 294 g/mol. The molecule has 0 aliphatic carbocycles.